The van der Waals surface area contributed by atoms with Crippen molar-refractivity contribution in [3.63, 3.8) is 0 Å². The minimum atomic E-state index is 0.0797. The molecule has 0 aromatic heterocycles. The third kappa shape index (κ3) is 10.3. The first-order valence-corrected chi connectivity index (χ1v) is 6.70. The summed E-state index contributed by atoms with van der Waals surface area (Å²) in [5.74, 6) is 0.703. The van der Waals surface area contributed by atoms with Gasteiger partial charge in [-0.3, -0.25) is 4.79 Å². The Bertz CT molecular complexity index is 186. The summed E-state index contributed by atoms with van der Waals surface area (Å²) in [6.07, 6.45) is 4.82. The summed E-state index contributed by atoms with van der Waals surface area (Å²) in [5.41, 5.74) is 0. The van der Waals surface area contributed by atoms with Gasteiger partial charge in [0.15, 0.2) is 0 Å². The van der Waals surface area contributed by atoms with Crippen molar-refractivity contribution < 1.29 is 9.53 Å². The molecule has 0 aliphatic heterocycles. The molecule has 0 aromatic carbocycles. The van der Waals surface area contributed by atoms with Gasteiger partial charge in [0.05, 0.1) is 13.2 Å². The van der Waals surface area contributed by atoms with Crippen molar-refractivity contribution in [1.82, 2.24) is 10.6 Å². The molecule has 102 valence electrons. The van der Waals surface area contributed by atoms with E-state index in [1.807, 2.05) is 0 Å². The lowest BCUT2D eigenvalue weighted by molar-refractivity contribution is -0.120. The van der Waals surface area contributed by atoms with Crippen molar-refractivity contribution >= 4 is 5.91 Å². The molecule has 0 rings (SSSR count). The van der Waals surface area contributed by atoms with E-state index in [0.717, 1.165) is 19.5 Å². The first-order chi connectivity index (χ1) is 8.24. The Morgan fingerprint density at radius 1 is 1.35 bits per heavy atom. The molecule has 0 aliphatic rings. The zero-order valence-corrected chi connectivity index (χ0v) is 11.6. The lowest BCUT2D eigenvalue weighted by atomic mass is 9.99. The number of carbonyl (C=O) groups excluding carboxylic acids is 1. The predicted molar refractivity (Wildman–Crippen MR) is 71.1 cm³/mol. The van der Waals surface area contributed by atoms with Gasteiger partial charge in [-0.15, -0.1) is 0 Å². The SMILES string of the molecule is CCCCC(CC)CNC(=O)CNCCOC. The molecule has 17 heavy (non-hydrogen) atoms. The zero-order chi connectivity index (χ0) is 12.9. The fourth-order valence-corrected chi connectivity index (χ4v) is 1.64. The average Bonchev–Trinajstić information content (AvgIpc) is 2.35. The van der Waals surface area contributed by atoms with Crippen LogP contribution in [0.3, 0.4) is 0 Å². The molecule has 1 atom stereocenters. The molecule has 0 fully saturated rings. The molecule has 0 saturated heterocycles. The van der Waals surface area contributed by atoms with E-state index in [9.17, 15) is 4.79 Å². The van der Waals surface area contributed by atoms with Gasteiger partial charge in [0, 0.05) is 20.2 Å². The standard InChI is InChI=1S/C13H28N2O2/c1-4-6-7-12(5-2)10-15-13(16)11-14-8-9-17-3/h12,14H,4-11H2,1-3H3,(H,15,16). The number of unbranched alkanes of at least 4 members (excludes halogenated alkanes) is 1. The Balaban J connectivity index is 3.52. The van der Waals surface area contributed by atoms with Crippen LogP contribution in [0, 0.1) is 5.92 Å². The second kappa shape index (κ2) is 11.9. The maximum Gasteiger partial charge on any atom is 0.233 e. The highest BCUT2D eigenvalue weighted by Crippen LogP contribution is 2.10. The lowest BCUT2D eigenvalue weighted by Gasteiger charge is -2.15. The van der Waals surface area contributed by atoms with Crippen LogP contribution in [0.15, 0.2) is 0 Å². The van der Waals surface area contributed by atoms with E-state index in [-0.39, 0.29) is 5.91 Å². The average molecular weight is 244 g/mol. The Labute approximate surface area is 105 Å². The second-order valence-electron chi connectivity index (χ2n) is 4.39. The van der Waals surface area contributed by atoms with Crippen LogP contribution in [-0.2, 0) is 9.53 Å². The lowest BCUT2D eigenvalue weighted by Crippen LogP contribution is -2.37. The van der Waals surface area contributed by atoms with Crippen LogP contribution in [0.1, 0.15) is 39.5 Å². The number of hydrogen-bond acceptors (Lipinski definition) is 3. The molecule has 4 nitrogen and oxygen atoms in total. The summed E-state index contributed by atoms with van der Waals surface area (Å²) >= 11 is 0. The molecule has 4 heteroatoms. The molecule has 0 spiro atoms. The largest absolute Gasteiger partial charge is 0.383 e. The number of carbonyl (C=O) groups is 1. The van der Waals surface area contributed by atoms with Crippen molar-refractivity contribution in [2.45, 2.75) is 39.5 Å². The van der Waals surface area contributed by atoms with Gasteiger partial charge in [-0.25, -0.2) is 0 Å². The third-order valence-corrected chi connectivity index (χ3v) is 2.90. The van der Waals surface area contributed by atoms with E-state index in [1.165, 1.54) is 19.3 Å². The van der Waals surface area contributed by atoms with Crippen LogP contribution in [0.4, 0.5) is 0 Å². The summed E-state index contributed by atoms with van der Waals surface area (Å²) in [5, 5.41) is 6.01. The molecule has 1 unspecified atom stereocenters. The minimum absolute atomic E-state index is 0.0797. The monoisotopic (exact) mass is 244 g/mol. The first-order valence-electron chi connectivity index (χ1n) is 6.70. The van der Waals surface area contributed by atoms with E-state index in [0.29, 0.717) is 19.1 Å². The van der Waals surface area contributed by atoms with E-state index >= 15 is 0 Å². The maximum atomic E-state index is 11.5. The van der Waals surface area contributed by atoms with Gasteiger partial charge in [-0.05, 0) is 12.3 Å². The van der Waals surface area contributed by atoms with Crippen LogP contribution in [-0.4, -0.2) is 39.3 Å². The molecule has 0 radical (unpaired) electrons. The van der Waals surface area contributed by atoms with Gasteiger partial charge < -0.3 is 15.4 Å². The highest BCUT2D eigenvalue weighted by Gasteiger charge is 2.07. The van der Waals surface area contributed by atoms with E-state index < -0.39 is 0 Å². The van der Waals surface area contributed by atoms with Crippen molar-refractivity contribution in [3.8, 4) is 0 Å². The molecular weight excluding hydrogens is 216 g/mol. The van der Waals surface area contributed by atoms with Crippen molar-refractivity contribution in [3.05, 3.63) is 0 Å². The fraction of sp³-hybridized carbons (Fsp3) is 0.923. The molecular formula is C13H28N2O2. The third-order valence-electron chi connectivity index (χ3n) is 2.90. The molecule has 2 N–H and O–H groups in total. The Kier molecular flexibility index (Phi) is 11.4. The molecule has 0 aromatic rings. The summed E-state index contributed by atoms with van der Waals surface area (Å²) in [6, 6.07) is 0. The fourth-order valence-electron chi connectivity index (χ4n) is 1.64. The highest BCUT2D eigenvalue weighted by atomic mass is 16.5. The molecule has 0 heterocycles. The molecule has 0 bridgehead atoms. The van der Waals surface area contributed by atoms with Gasteiger partial charge in [-0.2, -0.15) is 0 Å². The van der Waals surface area contributed by atoms with Gasteiger partial charge in [-0.1, -0.05) is 33.1 Å². The number of nitrogens with one attached hydrogen (secondary N) is 2. The number of amides is 1. The number of rotatable bonds is 11. The topological polar surface area (TPSA) is 50.4 Å². The normalized spacial score (nSPS) is 12.4. The Morgan fingerprint density at radius 2 is 2.12 bits per heavy atom. The molecule has 0 saturated carbocycles. The Morgan fingerprint density at radius 3 is 2.71 bits per heavy atom. The summed E-state index contributed by atoms with van der Waals surface area (Å²) in [4.78, 5) is 11.5. The zero-order valence-electron chi connectivity index (χ0n) is 11.6. The summed E-state index contributed by atoms with van der Waals surface area (Å²) < 4.78 is 4.89. The minimum Gasteiger partial charge on any atom is -0.383 e. The summed E-state index contributed by atoms with van der Waals surface area (Å²) in [7, 11) is 1.65. The van der Waals surface area contributed by atoms with E-state index in [1.54, 1.807) is 7.11 Å². The molecule has 0 aliphatic carbocycles. The van der Waals surface area contributed by atoms with Crippen molar-refractivity contribution in [2.24, 2.45) is 5.92 Å². The van der Waals surface area contributed by atoms with E-state index in [2.05, 4.69) is 24.5 Å². The van der Waals surface area contributed by atoms with Crippen molar-refractivity contribution in [2.75, 3.05) is 33.4 Å². The van der Waals surface area contributed by atoms with Crippen LogP contribution >= 0.6 is 0 Å². The van der Waals surface area contributed by atoms with Gasteiger partial charge in [0.2, 0.25) is 5.91 Å². The van der Waals surface area contributed by atoms with Crippen LogP contribution in [0.5, 0.6) is 0 Å². The van der Waals surface area contributed by atoms with Gasteiger partial charge in [0.25, 0.3) is 0 Å². The quantitative estimate of drug-likeness (QED) is 0.542. The second-order valence-corrected chi connectivity index (χ2v) is 4.39. The van der Waals surface area contributed by atoms with Crippen LogP contribution < -0.4 is 10.6 Å². The van der Waals surface area contributed by atoms with Gasteiger partial charge in [0.1, 0.15) is 0 Å². The van der Waals surface area contributed by atoms with Crippen molar-refractivity contribution in [1.29, 1.82) is 0 Å². The first kappa shape index (κ1) is 16.4. The Hall–Kier alpha value is -0.610. The predicted octanol–water partition coefficient (Wildman–Crippen LogP) is 1.55. The highest BCUT2D eigenvalue weighted by molar-refractivity contribution is 5.77. The van der Waals surface area contributed by atoms with Gasteiger partial charge >= 0.3 is 0 Å². The van der Waals surface area contributed by atoms with E-state index in [4.69, 9.17) is 4.74 Å². The molecule has 1 amide bonds. The smallest absolute Gasteiger partial charge is 0.233 e. The maximum absolute atomic E-state index is 11.5. The summed E-state index contributed by atoms with van der Waals surface area (Å²) in [6.45, 7) is 6.93. The number of ether oxygens (including phenoxy) is 1. The number of hydrogen-bond donors (Lipinski definition) is 2. The number of methoxy groups -OCH3 is 1. The van der Waals surface area contributed by atoms with Crippen LogP contribution in [0.2, 0.25) is 0 Å². The van der Waals surface area contributed by atoms with Crippen LogP contribution in [0.25, 0.3) is 0 Å².